The smallest absolute Gasteiger partial charge is 0.253 e. The standard InChI is InChI=1S/C46H50N12O9/c1-63-35-21-31-33(23-37(35)65-3)51-45(53-41(31)47)57-17-13-55(14-18-57)43(61)27-5-9-29(10-6-27)49-39(59)25-67-26-40(60)50-30-11-7-28(8-12-30)44(62)56-15-19-58(20-16-56)46-52-34-24-38(66-4)36(64-2)22-32(34)42(48)54-46/h5-12,21-24H,13-20,25-26H2,1-4H3,(H,49,59)(H,50,60)(H2,47,51,53)(H2,48,52,54). The summed E-state index contributed by atoms with van der Waals surface area (Å²) in [6, 6.07) is 20.1. The summed E-state index contributed by atoms with van der Waals surface area (Å²) < 4.78 is 27.0. The van der Waals surface area contributed by atoms with Gasteiger partial charge in [-0.25, -0.2) is 9.97 Å². The third kappa shape index (κ3) is 10.1. The van der Waals surface area contributed by atoms with Crippen molar-refractivity contribution in [2.45, 2.75) is 0 Å². The Bertz CT molecular complexity index is 2620. The van der Waals surface area contributed by atoms with Gasteiger partial charge in [-0.15, -0.1) is 0 Å². The Morgan fingerprint density at radius 1 is 0.507 bits per heavy atom. The van der Waals surface area contributed by atoms with E-state index in [4.69, 9.17) is 45.1 Å². The van der Waals surface area contributed by atoms with E-state index in [0.717, 1.165) is 0 Å². The highest BCUT2D eigenvalue weighted by Crippen LogP contribution is 2.36. The maximum absolute atomic E-state index is 13.4. The molecule has 8 rings (SSSR count). The summed E-state index contributed by atoms with van der Waals surface area (Å²) in [7, 11) is 6.20. The Labute approximate surface area is 384 Å². The Morgan fingerprint density at radius 3 is 1.19 bits per heavy atom. The summed E-state index contributed by atoms with van der Waals surface area (Å²) in [4.78, 5) is 77.8. The lowest BCUT2D eigenvalue weighted by molar-refractivity contribution is -0.125. The highest BCUT2D eigenvalue weighted by Gasteiger charge is 2.27. The number of anilines is 6. The highest BCUT2D eigenvalue weighted by molar-refractivity contribution is 5.98. The average Bonchev–Trinajstić information content (AvgIpc) is 3.35. The molecule has 2 aliphatic heterocycles. The lowest BCUT2D eigenvalue weighted by Crippen LogP contribution is -2.49. The third-order valence-electron chi connectivity index (χ3n) is 11.4. The molecule has 67 heavy (non-hydrogen) atoms. The van der Waals surface area contributed by atoms with Crippen LogP contribution in [0, 0.1) is 0 Å². The second kappa shape index (κ2) is 19.9. The number of aromatic nitrogens is 4. The molecule has 0 radical (unpaired) electrons. The van der Waals surface area contributed by atoms with Crippen LogP contribution in [-0.2, 0) is 14.3 Å². The monoisotopic (exact) mass is 914 g/mol. The molecular weight excluding hydrogens is 865 g/mol. The van der Waals surface area contributed by atoms with Crippen molar-refractivity contribution in [2.75, 3.05) is 126 Å². The molecule has 0 spiro atoms. The van der Waals surface area contributed by atoms with Gasteiger partial charge in [0.05, 0.1) is 39.5 Å². The molecule has 4 heterocycles. The normalized spacial score (nSPS) is 13.9. The van der Waals surface area contributed by atoms with Crippen LogP contribution in [0.4, 0.5) is 34.9 Å². The lowest BCUT2D eigenvalue weighted by atomic mass is 10.1. The number of carbonyl (C=O) groups excluding carboxylic acids is 4. The van der Waals surface area contributed by atoms with E-state index in [1.807, 2.05) is 9.80 Å². The number of benzene rings is 4. The van der Waals surface area contributed by atoms with Crippen LogP contribution in [0.3, 0.4) is 0 Å². The summed E-state index contributed by atoms with van der Waals surface area (Å²) in [6.45, 7) is 3.00. The van der Waals surface area contributed by atoms with Gasteiger partial charge in [-0.2, -0.15) is 9.97 Å². The fraction of sp³-hybridized carbons (Fsp3) is 0.304. The fourth-order valence-corrected chi connectivity index (χ4v) is 7.82. The van der Waals surface area contributed by atoms with Gasteiger partial charge in [0.2, 0.25) is 23.7 Å². The number of nitrogens with zero attached hydrogens (tertiary/aromatic N) is 8. The van der Waals surface area contributed by atoms with Gasteiger partial charge in [-0.1, -0.05) is 0 Å². The van der Waals surface area contributed by atoms with Crippen molar-refractivity contribution in [1.82, 2.24) is 29.7 Å². The molecular formula is C46H50N12O9. The Kier molecular flexibility index (Phi) is 13.5. The van der Waals surface area contributed by atoms with Crippen LogP contribution >= 0.6 is 0 Å². The zero-order valence-electron chi connectivity index (χ0n) is 37.4. The second-order valence-corrected chi connectivity index (χ2v) is 15.6. The summed E-state index contributed by atoms with van der Waals surface area (Å²) in [5, 5.41) is 6.72. The maximum atomic E-state index is 13.4. The van der Waals surface area contributed by atoms with Crippen LogP contribution in [-0.4, -0.2) is 147 Å². The molecule has 2 saturated heterocycles. The SMILES string of the molecule is COc1cc2nc(N3CCN(C(=O)c4ccc(NC(=O)COCC(=O)Nc5ccc(C(=O)N6CCN(c7nc(N)c8cc(OC)c(OC)cc8n7)CC6)cc5)cc4)CC3)nc(N)c2cc1OC. The summed E-state index contributed by atoms with van der Waals surface area (Å²) >= 11 is 0. The minimum Gasteiger partial charge on any atom is -0.493 e. The molecule has 4 amide bonds. The van der Waals surface area contributed by atoms with E-state index in [0.29, 0.717) is 143 Å². The molecule has 348 valence electrons. The molecule has 0 saturated carbocycles. The highest BCUT2D eigenvalue weighted by atomic mass is 16.5. The Balaban J connectivity index is 0.744. The Morgan fingerprint density at radius 2 is 0.851 bits per heavy atom. The minimum atomic E-state index is -0.476. The number of hydrogen-bond donors (Lipinski definition) is 4. The average molecular weight is 915 g/mol. The quantitative estimate of drug-likeness (QED) is 0.122. The van der Waals surface area contributed by atoms with Crippen molar-refractivity contribution in [2.24, 2.45) is 0 Å². The van der Waals surface area contributed by atoms with E-state index in [1.54, 1.807) is 111 Å². The Hall–Kier alpha value is -8.20. The van der Waals surface area contributed by atoms with Crippen LogP contribution < -0.4 is 50.8 Å². The van der Waals surface area contributed by atoms with Crippen LogP contribution in [0.2, 0.25) is 0 Å². The second-order valence-electron chi connectivity index (χ2n) is 15.6. The van der Waals surface area contributed by atoms with E-state index in [9.17, 15) is 19.2 Å². The number of fused-ring (bicyclic) bond motifs is 2. The first-order valence-electron chi connectivity index (χ1n) is 21.3. The largest absolute Gasteiger partial charge is 0.493 e. The number of ether oxygens (including phenoxy) is 5. The van der Waals surface area contributed by atoms with E-state index in [2.05, 4.69) is 20.6 Å². The minimum absolute atomic E-state index is 0.150. The van der Waals surface area contributed by atoms with Crippen LogP contribution in [0.15, 0.2) is 72.8 Å². The van der Waals surface area contributed by atoms with Gasteiger partial charge >= 0.3 is 0 Å². The lowest BCUT2D eigenvalue weighted by Gasteiger charge is -2.35. The fourth-order valence-electron chi connectivity index (χ4n) is 7.82. The topological polar surface area (TPSA) is 255 Å². The number of hydrogen-bond acceptors (Lipinski definition) is 17. The number of nitrogen functional groups attached to an aromatic ring is 2. The van der Waals surface area contributed by atoms with Crippen molar-refractivity contribution in [3.63, 3.8) is 0 Å². The van der Waals surface area contributed by atoms with Gasteiger partial charge in [0.25, 0.3) is 11.8 Å². The molecule has 0 atom stereocenters. The molecule has 6 N–H and O–H groups in total. The number of methoxy groups -OCH3 is 4. The van der Waals surface area contributed by atoms with E-state index in [-0.39, 0.29) is 25.0 Å². The van der Waals surface area contributed by atoms with Gasteiger partial charge in [0, 0.05) is 97.8 Å². The molecule has 6 aromatic rings. The molecule has 2 aliphatic rings. The molecule has 0 bridgehead atoms. The molecule has 0 unspecified atom stereocenters. The summed E-state index contributed by atoms with van der Waals surface area (Å²) in [5.41, 5.74) is 15.7. The number of nitrogens with one attached hydrogen (secondary N) is 2. The molecule has 0 aliphatic carbocycles. The van der Waals surface area contributed by atoms with Gasteiger partial charge in [0.1, 0.15) is 24.8 Å². The number of carbonyl (C=O) groups is 4. The van der Waals surface area contributed by atoms with Gasteiger partial charge in [-0.3, -0.25) is 19.2 Å². The molecule has 2 aromatic heterocycles. The van der Waals surface area contributed by atoms with Crippen molar-refractivity contribution in [3.05, 3.63) is 83.9 Å². The van der Waals surface area contributed by atoms with E-state index in [1.165, 1.54) is 0 Å². The molecule has 21 nitrogen and oxygen atoms in total. The zero-order valence-corrected chi connectivity index (χ0v) is 37.4. The van der Waals surface area contributed by atoms with Crippen LogP contribution in [0.5, 0.6) is 23.0 Å². The van der Waals surface area contributed by atoms with E-state index < -0.39 is 11.8 Å². The zero-order chi connectivity index (χ0) is 47.2. The maximum Gasteiger partial charge on any atom is 0.253 e. The molecule has 4 aromatic carbocycles. The molecule has 2 fully saturated rings. The van der Waals surface area contributed by atoms with Crippen molar-refractivity contribution in [3.8, 4) is 23.0 Å². The van der Waals surface area contributed by atoms with Gasteiger partial charge in [-0.05, 0) is 60.7 Å². The van der Waals surface area contributed by atoms with Gasteiger partial charge < -0.3 is 65.4 Å². The van der Waals surface area contributed by atoms with Crippen molar-refractivity contribution < 1.29 is 42.9 Å². The predicted molar refractivity (Wildman–Crippen MR) is 251 cm³/mol. The number of amides is 4. The van der Waals surface area contributed by atoms with Gasteiger partial charge in [0.15, 0.2) is 23.0 Å². The number of piperazine rings is 2. The third-order valence-corrected chi connectivity index (χ3v) is 11.4. The first-order valence-corrected chi connectivity index (χ1v) is 21.3. The van der Waals surface area contributed by atoms with Crippen LogP contribution in [0.25, 0.3) is 21.8 Å². The summed E-state index contributed by atoms with van der Waals surface area (Å²) in [5.74, 6) is 2.41. The predicted octanol–water partition coefficient (Wildman–Crippen LogP) is 3.29. The van der Waals surface area contributed by atoms with Crippen molar-refractivity contribution >= 4 is 80.3 Å². The van der Waals surface area contributed by atoms with E-state index >= 15 is 0 Å². The first-order chi connectivity index (χ1) is 32.4. The first kappa shape index (κ1) is 45.4. The molecule has 21 heteroatoms. The van der Waals surface area contributed by atoms with Crippen molar-refractivity contribution in [1.29, 1.82) is 0 Å². The summed E-state index contributed by atoms with van der Waals surface area (Å²) in [6.07, 6.45) is 0. The number of rotatable bonds is 14. The number of nitrogens with two attached hydrogens (primary N) is 2. The van der Waals surface area contributed by atoms with Crippen LogP contribution in [0.1, 0.15) is 20.7 Å².